The number of anilines is 1. The molecule has 1 unspecified atom stereocenters. The third kappa shape index (κ3) is 5.49. The van der Waals surface area contributed by atoms with Crippen LogP contribution in [0.1, 0.15) is 36.7 Å². The molecule has 0 radical (unpaired) electrons. The molecule has 1 atom stereocenters. The summed E-state index contributed by atoms with van der Waals surface area (Å²) >= 11 is 0. The monoisotopic (exact) mass is 436 g/mol. The van der Waals surface area contributed by atoms with Crippen LogP contribution in [0.5, 0.6) is 11.5 Å². The van der Waals surface area contributed by atoms with Crippen molar-refractivity contribution in [2.45, 2.75) is 44.7 Å². The Kier molecular flexibility index (Phi) is 7.06. The summed E-state index contributed by atoms with van der Waals surface area (Å²) in [6, 6.07) is 7.94. The van der Waals surface area contributed by atoms with Crippen molar-refractivity contribution in [3.05, 3.63) is 47.5 Å². The highest BCUT2D eigenvalue weighted by Crippen LogP contribution is 2.32. The fourth-order valence-electron chi connectivity index (χ4n) is 2.46. The smallest absolute Gasteiger partial charge is 0.342 e. The minimum absolute atomic E-state index is 0.0447. The summed E-state index contributed by atoms with van der Waals surface area (Å²) < 4.78 is 31.7. The molecule has 0 aliphatic carbocycles. The highest BCUT2D eigenvalue weighted by molar-refractivity contribution is 7.89. The van der Waals surface area contributed by atoms with E-state index in [1.165, 1.54) is 43.3 Å². The van der Waals surface area contributed by atoms with Crippen LogP contribution in [0.3, 0.4) is 0 Å². The maximum Gasteiger partial charge on any atom is 0.342 e. The van der Waals surface area contributed by atoms with Crippen LogP contribution in [0.15, 0.2) is 41.3 Å². The summed E-state index contributed by atoms with van der Waals surface area (Å²) in [6.45, 7) is 6.29. The third-order valence-corrected chi connectivity index (χ3v) is 5.72. The maximum atomic E-state index is 12.3. The van der Waals surface area contributed by atoms with E-state index in [4.69, 9.17) is 4.74 Å². The molecule has 0 saturated carbocycles. The number of amides is 1. The molecule has 10 heteroatoms. The van der Waals surface area contributed by atoms with E-state index in [1.807, 2.05) is 0 Å². The number of esters is 1. The largest absolute Gasteiger partial charge is 0.504 e. The number of carbonyl (C=O) groups excluding carboxylic acids is 2. The summed E-state index contributed by atoms with van der Waals surface area (Å²) in [7, 11) is -3.65. The molecule has 2 rings (SSSR count). The van der Waals surface area contributed by atoms with Gasteiger partial charge in [-0.3, -0.25) is 4.79 Å². The van der Waals surface area contributed by atoms with Crippen molar-refractivity contribution in [1.29, 1.82) is 0 Å². The zero-order chi connectivity index (χ0) is 22.6. The number of phenols is 2. The van der Waals surface area contributed by atoms with Gasteiger partial charge in [0.1, 0.15) is 5.56 Å². The maximum absolute atomic E-state index is 12.3. The van der Waals surface area contributed by atoms with Gasteiger partial charge in [0.2, 0.25) is 10.0 Å². The molecule has 162 valence electrons. The van der Waals surface area contributed by atoms with Crippen LogP contribution < -0.4 is 10.0 Å². The van der Waals surface area contributed by atoms with Crippen LogP contribution in [-0.4, -0.2) is 42.7 Å². The molecule has 0 aliphatic rings. The molecule has 2 aromatic rings. The Labute approximate surface area is 174 Å². The van der Waals surface area contributed by atoms with E-state index >= 15 is 0 Å². The number of phenolic OH excluding ortho intramolecular Hbond substituents is 2. The van der Waals surface area contributed by atoms with Gasteiger partial charge in [-0.15, -0.1) is 0 Å². The molecular weight excluding hydrogens is 412 g/mol. The second kappa shape index (κ2) is 9.14. The average molecular weight is 436 g/mol. The molecule has 0 fully saturated rings. The van der Waals surface area contributed by atoms with Gasteiger partial charge in [0.15, 0.2) is 17.6 Å². The summed E-state index contributed by atoms with van der Waals surface area (Å²) in [4.78, 5) is 24.5. The number of carbonyl (C=O) groups is 2. The quantitative estimate of drug-likeness (QED) is 0.385. The normalized spacial score (nSPS) is 12.4. The van der Waals surface area contributed by atoms with Crippen molar-refractivity contribution >= 4 is 27.6 Å². The molecule has 1 amide bonds. The van der Waals surface area contributed by atoms with Gasteiger partial charge >= 0.3 is 5.97 Å². The standard InChI is InChI=1S/C20H24N2O7S/c1-11(2)22-30(27,28)15-8-6-14(7-9-15)21-19(25)13(4)29-20(26)16-10-5-12(3)17(23)18(16)24/h5-11,13,22-24H,1-4H3,(H,21,25). The molecule has 30 heavy (non-hydrogen) atoms. The number of nitrogens with one attached hydrogen (secondary N) is 2. The lowest BCUT2D eigenvalue weighted by atomic mass is 10.1. The van der Waals surface area contributed by atoms with Gasteiger partial charge in [-0.25, -0.2) is 17.9 Å². The Bertz CT molecular complexity index is 1050. The van der Waals surface area contributed by atoms with Crippen LogP contribution in [-0.2, 0) is 19.6 Å². The molecule has 0 saturated heterocycles. The van der Waals surface area contributed by atoms with Crippen molar-refractivity contribution < 1.29 is 33.0 Å². The van der Waals surface area contributed by atoms with E-state index < -0.39 is 39.5 Å². The van der Waals surface area contributed by atoms with Gasteiger partial charge < -0.3 is 20.3 Å². The molecule has 0 aliphatic heterocycles. The highest BCUT2D eigenvalue weighted by atomic mass is 32.2. The zero-order valence-corrected chi connectivity index (χ0v) is 17.8. The summed E-state index contributed by atoms with van der Waals surface area (Å²) in [5.74, 6) is -2.70. The lowest BCUT2D eigenvalue weighted by Gasteiger charge is -2.15. The van der Waals surface area contributed by atoms with Crippen LogP contribution >= 0.6 is 0 Å². The summed E-state index contributed by atoms with van der Waals surface area (Å²) in [6.07, 6.45) is -1.22. The average Bonchev–Trinajstić information content (AvgIpc) is 2.65. The minimum Gasteiger partial charge on any atom is -0.504 e. The van der Waals surface area contributed by atoms with Gasteiger partial charge in [0, 0.05) is 11.7 Å². The van der Waals surface area contributed by atoms with Gasteiger partial charge in [-0.2, -0.15) is 0 Å². The second-order valence-electron chi connectivity index (χ2n) is 6.96. The Morgan fingerprint density at radius 2 is 1.57 bits per heavy atom. The number of rotatable bonds is 7. The van der Waals surface area contributed by atoms with E-state index in [0.717, 1.165) is 0 Å². The molecule has 9 nitrogen and oxygen atoms in total. The second-order valence-corrected chi connectivity index (χ2v) is 8.68. The van der Waals surface area contributed by atoms with E-state index in [-0.39, 0.29) is 16.5 Å². The predicted octanol–water partition coefficient (Wildman–Crippen LogP) is 2.28. The van der Waals surface area contributed by atoms with Gasteiger partial charge in [0.05, 0.1) is 4.90 Å². The molecule has 0 spiro atoms. The van der Waals surface area contributed by atoms with Crippen LogP contribution in [0.2, 0.25) is 0 Å². The Hall–Kier alpha value is -3.11. The van der Waals surface area contributed by atoms with Crippen molar-refractivity contribution in [3.8, 4) is 11.5 Å². The topological polar surface area (TPSA) is 142 Å². The number of aryl methyl sites for hydroxylation is 1. The number of hydrogen-bond acceptors (Lipinski definition) is 7. The number of aromatic hydroxyl groups is 2. The van der Waals surface area contributed by atoms with Gasteiger partial charge in [-0.1, -0.05) is 6.07 Å². The van der Waals surface area contributed by atoms with Crippen molar-refractivity contribution in [1.82, 2.24) is 4.72 Å². The Morgan fingerprint density at radius 1 is 0.967 bits per heavy atom. The predicted molar refractivity (Wildman–Crippen MR) is 110 cm³/mol. The van der Waals surface area contributed by atoms with Crippen molar-refractivity contribution in [2.75, 3.05) is 5.32 Å². The van der Waals surface area contributed by atoms with Gasteiger partial charge in [0.25, 0.3) is 5.91 Å². The summed E-state index contributed by atoms with van der Waals surface area (Å²) in [5, 5.41) is 22.1. The lowest BCUT2D eigenvalue weighted by Crippen LogP contribution is -2.30. The van der Waals surface area contributed by atoms with E-state index in [9.17, 15) is 28.2 Å². The van der Waals surface area contributed by atoms with Crippen LogP contribution in [0.4, 0.5) is 5.69 Å². The molecular formula is C20H24N2O7S. The van der Waals surface area contributed by atoms with Gasteiger partial charge in [-0.05, 0) is 63.6 Å². The molecule has 0 heterocycles. The third-order valence-electron chi connectivity index (χ3n) is 4.05. The van der Waals surface area contributed by atoms with E-state index in [2.05, 4.69) is 10.0 Å². The van der Waals surface area contributed by atoms with E-state index in [1.54, 1.807) is 20.8 Å². The zero-order valence-electron chi connectivity index (χ0n) is 17.0. The first-order valence-electron chi connectivity index (χ1n) is 9.08. The van der Waals surface area contributed by atoms with Crippen molar-refractivity contribution in [2.24, 2.45) is 0 Å². The fourth-order valence-corrected chi connectivity index (χ4v) is 3.71. The number of hydrogen-bond donors (Lipinski definition) is 4. The molecule has 0 aromatic heterocycles. The number of sulfonamides is 1. The molecule has 2 aromatic carbocycles. The van der Waals surface area contributed by atoms with Crippen LogP contribution in [0, 0.1) is 6.92 Å². The van der Waals surface area contributed by atoms with Crippen molar-refractivity contribution in [3.63, 3.8) is 0 Å². The highest BCUT2D eigenvalue weighted by Gasteiger charge is 2.23. The first-order valence-corrected chi connectivity index (χ1v) is 10.6. The SMILES string of the molecule is Cc1ccc(C(=O)OC(C)C(=O)Nc2ccc(S(=O)(=O)NC(C)C)cc2)c(O)c1O. The molecule has 0 bridgehead atoms. The molecule has 4 N–H and O–H groups in total. The van der Waals surface area contributed by atoms with Crippen LogP contribution in [0.25, 0.3) is 0 Å². The fraction of sp³-hybridized carbons (Fsp3) is 0.300. The first-order chi connectivity index (χ1) is 13.9. The number of benzene rings is 2. The minimum atomic E-state index is -3.65. The van der Waals surface area contributed by atoms with E-state index in [0.29, 0.717) is 11.3 Å². The summed E-state index contributed by atoms with van der Waals surface area (Å²) in [5.41, 5.74) is 0.413. The number of ether oxygens (including phenoxy) is 1. The first kappa shape index (κ1) is 23.2. The Balaban J connectivity index is 2.04. The lowest BCUT2D eigenvalue weighted by molar-refractivity contribution is -0.123. The Morgan fingerprint density at radius 3 is 2.13 bits per heavy atom.